The molecule has 0 unspecified atom stereocenters. The van der Waals surface area contributed by atoms with E-state index < -0.39 is 6.23 Å². The van der Waals surface area contributed by atoms with Crippen molar-refractivity contribution in [3.63, 3.8) is 0 Å². The first-order valence-corrected chi connectivity index (χ1v) is 4.95. The lowest BCUT2D eigenvalue weighted by Gasteiger charge is -2.20. The highest BCUT2D eigenvalue weighted by molar-refractivity contribution is 7.99. The van der Waals surface area contributed by atoms with Crippen molar-refractivity contribution in [2.45, 2.75) is 24.7 Å². The predicted molar refractivity (Wildman–Crippen MR) is 47.6 cm³/mol. The van der Waals surface area contributed by atoms with Crippen molar-refractivity contribution in [1.29, 1.82) is 0 Å². The van der Waals surface area contributed by atoms with Gasteiger partial charge in [-0.05, 0) is 6.92 Å². The monoisotopic (exact) mass is 199 g/mol. The van der Waals surface area contributed by atoms with Gasteiger partial charge >= 0.3 is 0 Å². The zero-order chi connectivity index (χ0) is 9.42. The molecule has 6 heteroatoms. The van der Waals surface area contributed by atoms with Crippen LogP contribution in [0.5, 0.6) is 0 Å². The van der Waals surface area contributed by atoms with Crippen LogP contribution in [-0.2, 0) is 0 Å². The third-order valence-corrected chi connectivity index (χ3v) is 2.83. The van der Waals surface area contributed by atoms with Crippen LogP contribution in [-0.4, -0.2) is 25.6 Å². The van der Waals surface area contributed by atoms with Crippen LogP contribution in [0.15, 0.2) is 9.95 Å². The van der Waals surface area contributed by atoms with Gasteiger partial charge in [0.15, 0.2) is 11.4 Å². The third-order valence-electron chi connectivity index (χ3n) is 1.85. The van der Waals surface area contributed by atoms with Crippen LogP contribution >= 0.6 is 11.8 Å². The minimum Gasteiger partial charge on any atom is -0.372 e. The SMILES string of the molecule is Cc1nn2c(nc1=O)SCC[C@@H]2O. The highest BCUT2D eigenvalue weighted by atomic mass is 32.2. The average Bonchev–Trinajstić information content (AvgIpc) is 2.09. The second-order valence-corrected chi connectivity index (χ2v) is 3.91. The Morgan fingerprint density at radius 3 is 3.23 bits per heavy atom. The Bertz CT molecular complexity index is 390. The molecule has 70 valence electrons. The smallest absolute Gasteiger partial charge is 0.295 e. The second-order valence-electron chi connectivity index (χ2n) is 2.85. The van der Waals surface area contributed by atoms with E-state index in [0.29, 0.717) is 17.3 Å². The van der Waals surface area contributed by atoms with Crippen molar-refractivity contribution in [2.75, 3.05) is 5.75 Å². The predicted octanol–water partition coefficient (Wildman–Crippen LogP) is -0.0666. The van der Waals surface area contributed by atoms with E-state index in [-0.39, 0.29) is 5.56 Å². The summed E-state index contributed by atoms with van der Waals surface area (Å²) in [5, 5.41) is 14.0. The lowest BCUT2D eigenvalue weighted by Crippen LogP contribution is -2.27. The van der Waals surface area contributed by atoms with Gasteiger partial charge in [-0.3, -0.25) is 4.79 Å². The number of aliphatic hydroxyl groups excluding tert-OH is 1. The van der Waals surface area contributed by atoms with E-state index >= 15 is 0 Å². The Labute approximate surface area is 78.8 Å². The normalized spacial score (nSPS) is 21.2. The van der Waals surface area contributed by atoms with Crippen molar-refractivity contribution < 1.29 is 5.11 Å². The summed E-state index contributed by atoms with van der Waals surface area (Å²) in [6.07, 6.45) is 0.0114. The largest absolute Gasteiger partial charge is 0.372 e. The first-order valence-electron chi connectivity index (χ1n) is 3.97. The Kier molecular flexibility index (Phi) is 2.09. The maximum Gasteiger partial charge on any atom is 0.295 e. The van der Waals surface area contributed by atoms with Gasteiger partial charge in [-0.1, -0.05) is 11.8 Å². The van der Waals surface area contributed by atoms with Gasteiger partial charge in [-0.15, -0.1) is 0 Å². The van der Waals surface area contributed by atoms with E-state index in [4.69, 9.17) is 0 Å². The van der Waals surface area contributed by atoms with Gasteiger partial charge in [0.25, 0.3) is 5.56 Å². The molecule has 1 N–H and O–H groups in total. The van der Waals surface area contributed by atoms with Crippen LogP contribution in [0.1, 0.15) is 18.3 Å². The molecule has 13 heavy (non-hydrogen) atoms. The molecule has 0 saturated carbocycles. The fourth-order valence-corrected chi connectivity index (χ4v) is 2.09. The van der Waals surface area contributed by atoms with Gasteiger partial charge in [0.05, 0.1) is 0 Å². The fourth-order valence-electron chi connectivity index (χ4n) is 1.14. The van der Waals surface area contributed by atoms with E-state index in [1.165, 1.54) is 16.4 Å². The lowest BCUT2D eigenvalue weighted by molar-refractivity contribution is 0.0691. The van der Waals surface area contributed by atoms with Gasteiger partial charge in [0.1, 0.15) is 5.69 Å². The molecule has 0 aliphatic carbocycles. The number of thioether (sulfide) groups is 1. The summed E-state index contributed by atoms with van der Waals surface area (Å²) in [7, 11) is 0. The number of hydrogen-bond acceptors (Lipinski definition) is 5. The highest BCUT2D eigenvalue weighted by Gasteiger charge is 2.19. The van der Waals surface area contributed by atoms with Gasteiger partial charge < -0.3 is 5.11 Å². The van der Waals surface area contributed by atoms with Crippen LogP contribution in [0.2, 0.25) is 0 Å². The molecular weight excluding hydrogens is 190 g/mol. The Balaban J connectivity index is 2.58. The Morgan fingerprint density at radius 2 is 2.46 bits per heavy atom. The molecule has 1 aromatic rings. The zero-order valence-electron chi connectivity index (χ0n) is 7.10. The summed E-state index contributed by atoms with van der Waals surface area (Å²) < 4.78 is 1.41. The number of aliphatic hydroxyl groups is 1. The lowest BCUT2D eigenvalue weighted by atomic mass is 10.4. The Morgan fingerprint density at radius 1 is 1.69 bits per heavy atom. The van der Waals surface area contributed by atoms with Gasteiger partial charge in [0, 0.05) is 12.2 Å². The third kappa shape index (κ3) is 1.47. The van der Waals surface area contributed by atoms with Crippen LogP contribution in [0.25, 0.3) is 0 Å². The molecule has 0 aromatic carbocycles. The molecule has 2 rings (SSSR count). The minimum absolute atomic E-state index is 0.312. The van der Waals surface area contributed by atoms with E-state index in [0.717, 1.165) is 5.75 Å². The number of aromatic nitrogens is 3. The van der Waals surface area contributed by atoms with E-state index in [1.54, 1.807) is 6.92 Å². The molecule has 1 aromatic heterocycles. The molecule has 0 spiro atoms. The molecule has 2 heterocycles. The van der Waals surface area contributed by atoms with Crippen LogP contribution in [0.3, 0.4) is 0 Å². The number of rotatable bonds is 0. The maximum absolute atomic E-state index is 11.1. The van der Waals surface area contributed by atoms with Crippen molar-refractivity contribution >= 4 is 11.8 Å². The minimum atomic E-state index is -0.636. The van der Waals surface area contributed by atoms with Gasteiger partial charge in [-0.2, -0.15) is 10.1 Å². The molecule has 0 radical (unpaired) electrons. The molecular formula is C7H9N3O2S. The average molecular weight is 199 g/mol. The molecule has 0 amide bonds. The molecule has 0 bridgehead atoms. The summed E-state index contributed by atoms with van der Waals surface area (Å²) in [6, 6.07) is 0. The molecule has 1 aliphatic rings. The number of nitrogens with zero attached hydrogens (tertiary/aromatic N) is 3. The molecule has 0 saturated heterocycles. The maximum atomic E-state index is 11.1. The van der Waals surface area contributed by atoms with Crippen LogP contribution in [0, 0.1) is 6.92 Å². The summed E-state index contributed by atoms with van der Waals surface area (Å²) in [5.41, 5.74) is 0.0122. The fraction of sp³-hybridized carbons (Fsp3) is 0.571. The number of fused-ring (bicyclic) bond motifs is 1. The van der Waals surface area contributed by atoms with Gasteiger partial charge in [0.2, 0.25) is 0 Å². The summed E-state index contributed by atoms with van der Waals surface area (Å²) in [5.74, 6) is 0.776. The molecule has 1 atom stereocenters. The van der Waals surface area contributed by atoms with E-state index in [9.17, 15) is 9.90 Å². The topological polar surface area (TPSA) is 68.0 Å². The quantitative estimate of drug-likeness (QED) is 0.633. The summed E-state index contributed by atoms with van der Waals surface area (Å²) in [4.78, 5) is 14.9. The van der Waals surface area contributed by atoms with Crippen molar-refractivity contribution in [2.24, 2.45) is 0 Å². The van der Waals surface area contributed by atoms with Crippen molar-refractivity contribution in [1.82, 2.24) is 14.8 Å². The number of aryl methyl sites for hydroxylation is 1. The molecule has 5 nitrogen and oxygen atoms in total. The summed E-state index contributed by atoms with van der Waals surface area (Å²) in [6.45, 7) is 1.59. The van der Waals surface area contributed by atoms with E-state index in [1.807, 2.05) is 0 Å². The van der Waals surface area contributed by atoms with Crippen molar-refractivity contribution in [3.05, 3.63) is 16.0 Å². The van der Waals surface area contributed by atoms with Gasteiger partial charge in [-0.25, -0.2) is 4.68 Å². The summed E-state index contributed by atoms with van der Waals surface area (Å²) >= 11 is 1.44. The molecule has 1 aliphatic heterocycles. The standard InChI is InChI=1S/C7H9N3O2S/c1-4-6(12)8-7-10(9-4)5(11)2-3-13-7/h5,11H,2-3H2,1H3/t5-/m0/s1. The molecule has 0 fully saturated rings. The zero-order valence-corrected chi connectivity index (χ0v) is 7.91. The Hall–Kier alpha value is -0.880. The highest BCUT2D eigenvalue weighted by Crippen LogP contribution is 2.25. The second kappa shape index (κ2) is 3.12. The first-order chi connectivity index (χ1) is 6.18. The first kappa shape index (κ1) is 8.71. The van der Waals surface area contributed by atoms with Crippen molar-refractivity contribution in [3.8, 4) is 0 Å². The van der Waals surface area contributed by atoms with Crippen LogP contribution in [0.4, 0.5) is 0 Å². The number of hydrogen-bond donors (Lipinski definition) is 1. The van der Waals surface area contributed by atoms with Crippen LogP contribution < -0.4 is 5.56 Å². The van der Waals surface area contributed by atoms with E-state index in [2.05, 4.69) is 10.1 Å².